The summed E-state index contributed by atoms with van der Waals surface area (Å²) >= 11 is 5.64. The van der Waals surface area contributed by atoms with Crippen molar-refractivity contribution in [3.8, 4) is 0 Å². The van der Waals surface area contributed by atoms with E-state index in [0.717, 1.165) is 0 Å². The molecule has 70 valence electrons. The molecule has 0 saturated heterocycles. The van der Waals surface area contributed by atoms with Gasteiger partial charge in [-0.05, 0) is 12.1 Å². The summed E-state index contributed by atoms with van der Waals surface area (Å²) in [4.78, 5) is 17.7. The summed E-state index contributed by atoms with van der Waals surface area (Å²) in [5.74, 6) is 0. The summed E-state index contributed by atoms with van der Waals surface area (Å²) in [5, 5.41) is 10.7. The Hall–Kier alpha value is -1.75. The lowest BCUT2D eigenvalue weighted by Crippen LogP contribution is -1.90. The van der Waals surface area contributed by atoms with E-state index in [4.69, 9.17) is 11.6 Å². The summed E-state index contributed by atoms with van der Waals surface area (Å²) in [6.07, 6.45) is 1.19. The lowest BCUT2D eigenvalue weighted by Gasteiger charge is -1.96. The van der Waals surface area contributed by atoms with Crippen LogP contribution < -0.4 is 0 Å². The van der Waals surface area contributed by atoms with Crippen molar-refractivity contribution < 1.29 is 4.92 Å². The second kappa shape index (κ2) is 3.19. The second-order valence-electron chi connectivity index (χ2n) is 2.62. The first-order chi connectivity index (χ1) is 6.66. The molecule has 0 aliphatic heterocycles. The average molecular weight is 210 g/mol. The van der Waals surface area contributed by atoms with Gasteiger partial charge < -0.3 is 0 Å². The Kier molecular flexibility index (Phi) is 2.01. The molecular formula is C8H4ClN3O2. The molecule has 0 aromatic carbocycles. The molecule has 14 heavy (non-hydrogen) atoms. The molecule has 0 unspecified atom stereocenters. The fourth-order valence-corrected chi connectivity index (χ4v) is 1.22. The van der Waals surface area contributed by atoms with Crippen LogP contribution in [-0.4, -0.2) is 14.9 Å². The third-order valence-corrected chi connectivity index (χ3v) is 1.91. The van der Waals surface area contributed by atoms with Crippen LogP contribution in [0.4, 0.5) is 5.69 Å². The van der Waals surface area contributed by atoms with Crippen molar-refractivity contribution in [2.45, 2.75) is 0 Å². The minimum Gasteiger partial charge on any atom is -0.258 e. The Morgan fingerprint density at radius 3 is 2.86 bits per heavy atom. The summed E-state index contributed by atoms with van der Waals surface area (Å²) in [6.45, 7) is 0. The number of rotatable bonds is 1. The van der Waals surface area contributed by atoms with E-state index in [1.54, 1.807) is 12.1 Å². The maximum Gasteiger partial charge on any atom is 0.289 e. The van der Waals surface area contributed by atoms with E-state index in [0.29, 0.717) is 16.2 Å². The van der Waals surface area contributed by atoms with Gasteiger partial charge in [0.25, 0.3) is 5.69 Å². The van der Waals surface area contributed by atoms with E-state index in [9.17, 15) is 10.1 Å². The molecule has 0 spiro atoms. The average Bonchev–Trinajstić information content (AvgIpc) is 2.16. The summed E-state index contributed by atoms with van der Waals surface area (Å²) in [7, 11) is 0. The Morgan fingerprint density at radius 2 is 2.14 bits per heavy atom. The Bertz CT molecular complexity index is 515. The van der Waals surface area contributed by atoms with E-state index in [-0.39, 0.29) is 5.69 Å². The van der Waals surface area contributed by atoms with Gasteiger partial charge in [0.05, 0.1) is 16.0 Å². The van der Waals surface area contributed by atoms with Crippen LogP contribution in [0.15, 0.2) is 24.4 Å². The number of nitro groups is 1. The Balaban J connectivity index is 2.69. The van der Waals surface area contributed by atoms with Gasteiger partial charge in [-0.2, -0.15) is 0 Å². The first-order valence-corrected chi connectivity index (χ1v) is 4.11. The zero-order chi connectivity index (χ0) is 10.1. The minimum absolute atomic E-state index is 0.0905. The van der Waals surface area contributed by atoms with Crippen LogP contribution >= 0.6 is 11.6 Å². The SMILES string of the molecule is O=[N+]([O-])c1cnc2ccc(Cl)nc2c1. The van der Waals surface area contributed by atoms with Crippen molar-refractivity contribution in [3.05, 3.63) is 39.7 Å². The number of hydrogen-bond acceptors (Lipinski definition) is 4. The molecular weight excluding hydrogens is 206 g/mol. The predicted octanol–water partition coefficient (Wildman–Crippen LogP) is 2.19. The summed E-state index contributed by atoms with van der Waals surface area (Å²) in [6, 6.07) is 4.59. The highest BCUT2D eigenvalue weighted by Gasteiger charge is 2.07. The van der Waals surface area contributed by atoms with Gasteiger partial charge in [-0.3, -0.25) is 10.1 Å². The van der Waals surface area contributed by atoms with E-state index >= 15 is 0 Å². The smallest absolute Gasteiger partial charge is 0.258 e. The standard InChI is InChI=1S/C8H4ClN3O2/c9-8-2-1-6-7(11-8)3-5(4-10-6)12(13)14/h1-4H. The molecule has 5 nitrogen and oxygen atoms in total. The molecule has 2 aromatic heterocycles. The zero-order valence-corrected chi connectivity index (χ0v) is 7.60. The van der Waals surface area contributed by atoms with Crippen LogP contribution in [0.2, 0.25) is 5.15 Å². The number of pyridine rings is 2. The van der Waals surface area contributed by atoms with Gasteiger partial charge in [0, 0.05) is 6.07 Å². The molecule has 0 saturated carbocycles. The van der Waals surface area contributed by atoms with E-state index in [1.807, 2.05) is 0 Å². The first-order valence-electron chi connectivity index (χ1n) is 3.73. The molecule has 2 rings (SSSR count). The van der Waals surface area contributed by atoms with Crippen molar-refractivity contribution in [2.75, 3.05) is 0 Å². The molecule has 0 atom stereocenters. The van der Waals surface area contributed by atoms with Gasteiger partial charge in [0.1, 0.15) is 11.3 Å². The highest BCUT2D eigenvalue weighted by atomic mass is 35.5. The van der Waals surface area contributed by atoms with Crippen molar-refractivity contribution in [2.24, 2.45) is 0 Å². The largest absolute Gasteiger partial charge is 0.289 e. The molecule has 0 radical (unpaired) electrons. The molecule has 0 amide bonds. The number of fused-ring (bicyclic) bond motifs is 1. The van der Waals surface area contributed by atoms with Gasteiger partial charge in [0.2, 0.25) is 0 Å². The molecule has 6 heteroatoms. The van der Waals surface area contributed by atoms with Crippen LogP contribution in [0.5, 0.6) is 0 Å². The van der Waals surface area contributed by atoms with Gasteiger partial charge in [-0.25, -0.2) is 9.97 Å². The third-order valence-electron chi connectivity index (χ3n) is 1.70. The van der Waals surface area contributed by atoms with Gasteiger partial charge >= 0.3 is 0 Å². The van der Waals surface area contributed by atoms with E-state index in [1.165, 1.54) is 12.3 Å². The van der Waals surface area contributed by atoms with E-state index in [2.05, 4.69) is 9.97 Å². The normalized spacial score (nSPS) is 10.4. The van der Waals surface area contributed by atoms with E-state index < -0.39 is 4.92 Å². The molecule has 0 aliphatic carbocycles. The van der Waals surface area contributed by atoms with Crippen LogP contribution in [0.1, 0.15) is 0 Å². The van der Waals surface area contributed by atoms with Crippen molar-refractivity contribution >= 4 is 28.3 Å². The lowest BCUT2D eigenvalue weighted by molar-refractivity contribution is -0.385. The highest BCUT2D eigenvalue weighted by molar-refractivity contribution is 6.29. The fraction of sp³-hybridized carbons (Fsp3) is 0. The van der Waals surface area contributed by atoms with Gasteiger partial charge in [-0.15, -0.1) is 0 Å². The summed E-state index contributed by atoms with van der Waals surface area (Å²) < 4.78 is 0. The molecule has 0 N–H and O–H groups in total. The zero-order valence-electron chi connectivity index (χ0n) is 6.85. The Labute approximate surface area is 83.5 Å². The molecule has 2 aromatic rings. The van der Waals surface area contributed by atoms with Crippen LogP contribution in [0.3, 0.4) is 0 Å². The van der Waals surface area contributed by atoms with Crippen molar-refractivity contribution in [1.82, 2.24) is 9.97 Å². The number of halogens is 1. The molecule has 0 aliphatic rings. The molecule has 0 bridgehead atoms. The lowest BCUT2D eigenvalue weighted by atomic mass is 10.3. The first kappa shape index (κ1) is 8.83. The van der Waals surface area contributed by atoms with Crippen molar-refractivity contribution in [1.29, 1.82) is 0 Å². The van der Waals surface area contributed by atoms with Gasteiger partial charge in [-0.1, -0.05) is 11.6 Å². The highest BCUT2D eigenvalue weighted by Crippen LogP contribution is 2.18. The maximum atomic E-state index is 10.4. The third kappa shape index (κ3) is 1.49. The van der Waals surface area contributed by atoms with Crippen molar-refractivity contribution in [3.63, 3.8) is 0 Å². The quantitative estimate of drug-likeness (QED) is 0.410. The molecule has 0 fully saturated rings. The molecule has 2 heterocycles. The number of hydrogen-bond donors (Lipinski definition) is 0. The topological polar surface area (TPSA) is 68.9 Å². The second-order valence-corrected chi connectivity index (χ2v) is 3.01. The summed E-state index contributed by atoms with van der Waals surface area (Å²) in [5.41, 5.74) is 0.916. The van der Waals surface area contributed by atoms with Gasteiger partial charge in [0.15, 0.2) is 0 Å². The number of aromatic nitrogens is 2. The Morgan fingerprint density at radius 1 is 1.36 bits per heavy atom. The van der Waals surface area contributed by atoms with Crippen LogP contribution in [-0.2, 0) is 0 Å². The van der Waals surface area contributed by atoms with Crippen LogP contribution in [0.25, 0.3) is 11.0 Å². The van der Waals surface area contributed by atoms with Crippen LogP contribution in [0, 0.1) is 10.1 Å². The predicted molar refractivity (Wildman–Crippen MR) is 51.2 cm³/mol. The monoisotopic (exact) mass is 209 g/mol. The number of nitrogens with zero attached hydrogens (tertiary/aromatic N) is 3. The minimum atomic E-state index is -0.519. The fourth-order valence-electron chi connectivity index (χ4n) is 1.07. The maximum absolute atomic E-state index is 10.4.